The van der Waals surface area contributed by atoms with Crippen LogP contribution < -0.4 is 0 Å². The lowest BCUT2D eigenvalue weighted by molar-refractivity contribution is -0.385. The molecule has 20 heavy (non-hydrogen) atoms. The van der Waals surface area contributed by atoms with Crippen LogP contribution >= 0.6 is 11.6 Å². The van der Waals surface area contributed by atoms with Crippen molar-refractivity contribution >= 4 is 29.2 Å². The Morgan fingerprint density at radius 2 is 2.15 bits per heavy atom. The quantitative estimate of drug-likeness (QED) is 0.677. The van der Waals surface area contributed by atoms with E-state index in [2.05, 4.69) is 0 Å². The Labute approximate surface area is 118 Å². The third kappa shape index (κ3) is 2.57. The highest BCUT2D eigenvalue weighted by atomic mass is 35.5. The lowest BCUT2D eigenvalue weighted by Gasteiger charge is -2.16. The van der Waals surface area contributed by atoms with Gasteiger partial charge in [0.1, 0.15) is 10.6 Å². The minimum absolute atomic E-state index is 0.0534. The first-order valence-corrected chi connectivity index (χ1v) is 6.24. The van der Waals surface area contributed by atoms with E-state index in [9.17, 15) is 19.7 Å². The van der Waals surface area contributed by atoms with Crippen LogP contribution in [0.5, 0.6) is 0 Å². The number of amides is 1. The highest BCUT2D eigenvalue weighted by Crippen LogP contribution is 2.30. The lowest BCUT2D eigenvalue weighted by Crippen LogP contribution is -2.30. The molecule has 1 amide bonds. The Morgan fingerprint density at radius 1 is 1.45 bits per heavy atom. The van der Waals surface area contributed by atoms with E-state index < -0.39 is 28.4 Å². The minimum Gasteiger partial charge on any atom is -0.481 e. The molecular formula is C12H11ClN2O5. The van der Waals surface area contributed by atoms with Gasteiger partial charge in [0.05, 0.1) is 10.8 Å². The fourth-order valence-corrected chi connectivity index (χ4v) is 2.43. The highest BCUT2D eigenvalue weighted by Gasteiger charge is 2.34. The monoisotopic (exact) mass is 298 g/mol. The molecule has 1 fully saturated rings. The Morgan fingerprint density at radius 3 is 2.70 bits per heavy atom. The van der Waals surface area contributed by atoms with Crippen molar-refractivity contribution in [1.29, 1.82) is 0 Å². The van der Waals surface area contributed by atoms with Gasteiger partial charge in [0.15, 0.2) is 0 Å². The maximum atomic E-state index is 12.3. The van der Waals surface area contributed by atoms with E-state index in [-0.39, 0.29) is 23.7 Å². The smallest absolute Gasteiger partial charge is 0.308 e. The number of nitro groups is 1. The number of nitro benzene ring substituents is 1. The molecule has 0 aliphatic carbocycles. The predicted molar refractivity (Wildman–Crippen MR) is 69.8 cm³/mol. The third-order valence-electron chi connectivity index (χ3n) is 3.22. The predicted octanol–water partition coefficient (Wildman–Crippen LogP) is 1.79. The van der Waals surface area contributed by atoms with Crippen molar-refractivity contribution in [2.45, 2.75) is 6.42 Å². The van der Waals surface area contributed by atoms with Crippen LogP contribution in [0.4, 0.5) is 5.69 Å². The molecule has 0 saturated carbocycles. The molecule has 1 saturated heterocycles. The molecule has 1 N–H and O–H groups in total. The zero-order valence-corrected chi connectivity index (χ0v) is 11.0. The summed E-state index contributed by atoms with van der Waals surface area (Å²) in [7, 11) is 0. The van der Waals surface area contributed by atoms with E-state index in [1.54, 1.807) is 0 Å². The van der Waals surface area contributed by atoms with E-state index in [1.165, 1.54) is 23.1 Å². The average molecular weight is 299 g/mol. The lowest BCUT2D eigenvalue weighted by atomic mass is 10.1. The Bertz CT molecular complexity index is 589. The number of nitrogens with zero attached hydrogens (tertiary/aromatic N) is 2. The summed E-state index contributed by atoms with van der Waals surface area (Å²) in [5.74, 6) is -2.17. The molecule has 1 atom stereocenters. The number of carbonyl (C=O) groups excluding carboxylic acids is 1. The number of para-hydroxylation sites is 1. The van der Waals surface area contributed by atoms with Crippen LogP contribution in [-0.4, -0.2) is 39.9 Å². The Balaban J connectivity index is 2.29. The van der Waals surface area contributed by atoms with Crippen molar-refractivity contribution in [3.05, 3.63) is 38.9 Å². The van der Waals surface area contributed by atoms with Crippen molar-refractivity contribution in [3.8, 4) is 0 Å². The van der Waals surface area contributed by atoms with Gasteiger partial charge >= 0.3 is 11.7 Å². The van der Waals surface area contributed by atoms with Crippen LogP contribution in [0.2, 0.25) is 5.02 Å². The molecule has 1 aromatic rings. The van der Waals surface area contributed by atoms with Gasteiger partial charge in [-0.3, -0.25) is 19.7 Å². The number of hydrogen-bond donors (Lipinski definition) is 1. The summed E-state index contributed by atoms with van der Waals surface area (Å²) in [5, 5.41) is 19.8. The molecule has 0 spiro atoms. The normalized spacial score (nSPS) is 18.1. The second kappa shape index (κ2) is 5.46. The molecular weight excluding hydrogens is 288 g/mol. The van der Waals surface area contributed by atoms with Crippen molar-refractivity contribution < 1.29 is 19.6 Å². The summed E-state index contributed by atoms with van der Waals surface area (Å²) in [6, 6.07) is 4.11. The van der Waals surface area contributed by atoms with Crippen LogP contribution in [0.1, 0.15) is 16.8 Å². The van der Waals surface area contributed by atoms with Gasteiger partial charge in [-0.15, -0.1) is 0 Å². The maximum absolute atomic E-state index is 12.3. The van der Waals surface area contributed by atoms with Gasteiger partial charge in [-0.2, -0.15) is 0 Å². The summed E-state index contributed by atoms with van der Waals surface area (Å²) >= 11 is 5.75. The topological polar surface area (TPSA) is 101 Å². The fraction of sp³-hybridized carbons (Fsp3) is 0.333. The summed E-state index contributed by atoms with van der Waals surface area (Å²) in [6.45, 7) is 0.317. The number of halogens is 1. The zero-order valence-electron chi connectivity index (χ0n) is 10.3. The molecule has 1 aliphatic rings. The number of rotatable bonds is 3. The van der Waals surface area contributed by atoms with Gasteiger partial charge in [0, 0.05) is 13.1 Å². The summed E-state index contributed by atoms with van der Waals surface area (Å²) < 4.78 is 0. The molecule has 106 valence electrons. The summed E-state index contributed by atoms with van der Waals surface area (Å²) in [6.07, 6.45) is 0.343. The van der Waals surface area contributed by atoms with Crippen LogP contribution in [0.15, 0.2) is 18.2 Å². The third-order valence-corrected chi connectivity index (χ3v) is 3.53. The van der Waals surface area contributed by atoms with Gasteiger partial charge in [-0.05, 0) is 18.6 Å². The first-order chi connectivity index (χ1) is 9.41. The Hall–Kier alpha value is -2.15. The number of carboxylic acids is 1. The SMILES string of the molecule is O=C(O)C1CCN(C(=O)c2cccc(Cl)c2[N+](=O)[O-])C1. The summed E-state index contributed by atoms with van der Waals surface area (Å²) in [4.78, 5) is 34.7. The molecule has 1 unspecified atom stereocenters. The Kier molecular flexibility index (Phi) is 3.89. The van der Waals surface area contributed by atoms with E-state index >= 15 is 0 Å². The molecule has 0 bridgehead atoms. The molecule has 1 aliphatic heterocycles. The van der Waals surface area contributed by atoms with E-state index in [4.69, 9.17) is 16.7 Å². The van der Waals surface area contributed by atoms with Crippen molar-refractivity contribution in [1.82, 2.24) is 4.90 Å². The van der Waals surface area contributed by atoms with Crippen LogP contribution in [0, 0.1) is 16.0 Å². The highest BCUT2D eigenvalue weighted by molar-refractivity contribution is 6.33. The van der Waals surface area contributed by atoms with Gasteiger partial charge in [0.25, 0.3) is 5.91 Å². The number of benzene rings is 1. The first-order valence-electron chi connectivity index (χ1n) is 5.86. The van der Waals surface area contributed by atoms with Crippen molar-refractivity contribution in [2.75, 3.05) is 13.1 Å². The zero-order chi connectivity index (χ0) is 14.9. The van der Waals surface area contributed by atoms with E-state index in [0.29, 0.717) is 6.42 Å². The van der Waals surface area contributed by atoms with E-state index in [1.807, 2.05) is 0 Å². The number of hydrogen-bond acceptors (Lipinski definition) is 4. The van der Waals surface area contributed by atoms with Gasteiger partial charge in [-0.25, -0.2) is 0 Å². The van der Waals surface area contributed by atoms with Gasteiger partial charge < -0.3 is 10.0 Å². The molecule has 2 rings (SSSR count). The van der Waals surface area contributed by atoms with Gasteiger partial charge in [-0.1, -0.05) is 17.7 Å². The number of aliphatic carboxylic acids is 1. The largest absolute Gasteiger partial charge is 0.481 e. The number of carboxylic acid groups (broad SMARTS) is 1. The molecule has 1 heterocycles. The minimum atomic E-state index is -0.971. The van der Waals surface area contributed by atoms with Crippen LogP contribution in [0.3, 0.4) is 0 Å². The molecule has 1 aromatic carbocycles. The maximum Gasteiger partial charge on any atom is 0.308 e. The second-order valence-electron chi connectivity index (χ2n) is 4.47. The second-order valence-corrected chi connectivity index (χ2v) is 4.88. The van der Waals surface area contributed by atoms with Crippen molar-refractivity contribution in [2.24, 2.45) is 5.92 Å². The molecule has 0 radical (unpaired) electrons. The molecule has 7 nitrogen and oxygen atoms in total. The van der Waals surface area contributed by atoms with Crippen molar-refractivity contribution in [3.63, 3.8) is 0 Å². The van der Waals surface area contributed by atoms with Crippen LogP contribution in [0.25, 0.3) is 0 Å². The van der Waals surface area contributed by atoms with Crippen LogP contribution in [-0.2, 0) is 4.79 Å². The van der Waals surface area contributed by atoms with E-state index in [0.717, 1.165) is 0 Å². The summed E-state index contributed by atoms with van der Waals surface area (Å²) in [5.41, 5.74) is -0.563. The number of carbonyl (C=O) groups is 2. The first kappa shape index (κ1) is 14.3. The standard InChI is InChI=1S/C12H11ClN2O5/c13-9-3-1-2-8(10(9)15(19)20)11(16)14-5-4-7(6-14)12(17)18/h1-3,7H,4-6H2,(H,17,18). The van der Waals surface area contributed by atoms with Gasteiger partial charge in [0.2, 0.25) is 0 Å². The number of likely N-dealkylation sites (tertiary alicyclic amines) is 1. The fourth-order valence-electron chi connectivity index (χ4n) is 2.19. The molecule has 0 aromatic heterocycles. The average Bonchev–Trinajstić information content (AvgIpc) is 2.86. The molecule has 8 heteroatoms.